The smallest absolute Gasteiger partial charge is 0.262 e. The molecule has 1 saturated heterocycles. The van der Waals surface area contributed by atoms with Gasteiger partial charge in [-0.1, -0.05) is 24.3 Å². The molecule has 0 unspecified atom stereocenters. The average Bonchev–Trinajstić information content (AvgIpc) is 2.83. The van der Waals surface area contributed by atoms with Crippen molar-refractivity contribution in [3.63, 3.8) is 0 Å². The summed E-state index contributed by atoms with van der Waals surface area (Å²) in [6, 6.07) is 12.1. The summed E-state index contributed by atoms with van der Waals surface area (Å²) in [7, 11) is 0. The van der Waals surface area contributed by atoms with Gasteiger partial charge in [-0.05, 0) is 55.3 Å². The number of benzene rings is 2. The molecule has 0 aliphatic carbocycles. The number of nitrogens with one attached hydrogen (secondary N) is 2. The summed E-state index contributed by atoms with van der Waals surface area (Å²) in [6.07, 6.45) is 1.93. The van der Waals surface area contributed by atoms with Gasteiger partial charge < -0.3 is 4.74 Å². The highest BCUT2D eigenvalue weighted by molar-refractivity contribution is 6.02. The highest BCUT2D eigenvalue weighted by Crippen LogP contribution is 2.28. The molecule has 0 atom stereocenters. The fourth-order valence-electron chi connectivity index (χ4n) is 2.50. The largest absolute Gasteiger partial charge is 0.488 e. The van der Waals surface area contributed by atoms with Crippen molar-refractivity contribution in [2.75, 3.05) is 6.54 Å². The average molecular weight is 296 g/mol. The van der Waals surface area contributed by atoms with Crippen LogP contribution in [0.3, 0.4) is 0 Å². The van der Waals surface area contributed by atoms with Crippen LogP contribution in [-0.2, 0) is 4.79 Å². The van der Waals surface area contributed by atoms with E-state index in [1.807, 2.05) is 57.2 Å². The van der Waals surface area contributed by atoms with Crippen LogP contribution in [0.15, 0.2) is 42.0 Å². The van der Waals surface area contributed by atoms with Crippen LogP contribution in [-0.4, -0.2) is 18.1 Å². The molecule has 4 nitrogen and oxygen atoms in total. The Morgan fingerprint density at radius 1 is 1.18 bits per heavy atom. The zero-order chi connectivity index (χ0) is 15.7. The first-order valence-corrected chi connectivity index (χ1v) is 7.38. The summed E-state index contributed by atoms with van der Waals surface area (Å²) in [4.78, 5) is 11.7. The first-order valence-electron chi connectivity index (χ1n) is 7.38. The number of hydrazine groups is 1. The Morgan fingerprint density at radius 2 is 2.00 bits per heavy atom. The Labute approximate surface area is 130 Å². The Balaban J connectivity index is 2.06. The zero-order valence-electron chi connectivity index (χ0n) is 13.1. The van der Waals surface area contributed by atoms with Gasteiger partial charge >= 0.3 is 0 Å². The molecule has 1 amide bonds. The maximum absolute atomic E-state index is 11.7. The molecule has 0 spiro atoms. The second-order valence-electron chi connectivity index (χ2n) is 6.42. The van der Waals surface area contributed by atoms with E-state index in [0.29, 0.717) is 6.54 Å². The number of fused-ring (bicyclic) bond motifs is 1. The van der Waals surface area contributed by atoms with Gasteiger partial charge in [0.15, 0.2) is 0 Å². The summed E-state index contributed by atoms with van der Waals surface area (Å²) < 4.78 is 5.94. The number of amides is 1. The number of hydrogen-bond acceptors (Lipinski definition) is 3. The Bertz CT molecular complexity index is 757. The van der Waals surface area contributed by atoms with Crippen molar-refractivity contribution in [2.24, 2.45) is 0 Å². The Hall–Kier alpha value is -2.33. The van der Waals surface area contributed by atoms with Gasteiger partial charge in [0.2, 0.25) is 0 Å². The molecule has 1 fully saturated rings. The molecule has 1 aliphatic rings. The van der Waals surface area contributed by atoms with Crippen molar-refractivity contribution >= 4 is 22.8 Å². The third-order valence-corrected chi connectivity index (χ3v) is 3.41. The summed E-state index contributed by atoms with van der Waals surface area (Å²) in [5.41, 5.74) is 6.95. The van der Waals surface area contributed by atoms with Crippen molar-refractivity contribution in [3.05, 3.63) is 47.5 Å². The molecule has 1 heterocycles. The molecular formula is C18H20N2O2. The first kappa shape index (κ1) is 14.6. The van der Waals surface area contributed by atoms with Crippen molar-refractivity contribution < 1.29 is 9.53 Å². The second-order valence-corrected chi connectivity index (χ2v) is 6.42. The molecule has 2 aromatic carbocycles. The van der Waals surface area contributed by atoms with E-state index in [9.17, 15) is 4.79 Å². The molecule has 1 aliphatic heterocycles. The standard InChI is InChI=1S/C18H20N2O2/c1-18(2,3)22-15-8-7-12-5-4-6-13(16(12)10-15)9-14-11-19-20-17(14)21/h4-10,19H,11H2,1-3H3,(H,20,21)/b14-9+. The van der Waals surface area contributed by atoms with E-state index in [1.165, 1.54) is 0 Å². The van der Waals surface area contributed by atoms with E-state index in [0.717, 1.165) is 27.7 Å². The van der Waals surface area contributed by atoms with Crippen LogP contribution >= 0.6 is 0 Å². The third-order valence-electron chi connectivity index (χ3n) is 3.41. The van der Waals surface area contributed by atoms with Crippen LogP contribution in [0.5, 0.6) is 5.75 Å². The lowest BCUT2D eigenvalue weighted by Gasteiger charge is -2.21. The van der Waals surface area contributed by atoms with Gasteiger partial charge in [-0.3, -0.25) is 10.2 Å². The van der Waals surface area contributed by atoms with Crippen LogP contribution in [0.25, 0.3) is 16.8 Å². The number of ether oxygens (including phenoxy) is 1. The van der Waals surface area contributed by atoms with Crippen LogP contribution in [0.4, 0.5) is 0 Å². The van der Waals surface area contributed by atoms with E-state index in [-0.39, 0.29) is 11.5 Å². The molecule has 3 rings (SSSR count). The quantitative estimate of drug-likeness (QED) is 0.838. The monoisotopic (exact) mass is 296 g/mol. The van der Waals surface area contributed by atoms with Crippen molar-refractivity contribution in [1.82, 2.24) is 10.9 Å². The van der Waals surface area contributed by atoms with E-state index in [1.54, 1.807) is 0 Å². The van der Waals surface area contributed by atoms with Crippen molar-refractivity contribution in [2.45, 2.75) is 26.4 Å². The molecular weight excluding hydrogens is 276 g/mol. The van der Waals surface area contributed by atoms with Crippen LogP contribution < -0.4 is 15.6 Å². The number of carbonyl (C=O) groups excluding carboxylic acids is 1. The lowest BCUT2D eigenvalue weighted by molar-refractivity contribution is -0.116. The first-order chi connectivity index (χ1) is 10.4. The highest BCUT2D eigenvalue weighted by Gasteiger charge is 2.16. The molecule has 114 valence electrons. The van der Waals surface area contributed by atoms with Crippen LogP contribution in [0, 0.1) is 0 Å². The fourth-order valence-corrected chi connectivity index (χ4v) is 2.50. The normalized spacial score (nSPS) is 17.0. The SMILES string of the molecule is CC(C)(C)Oc1ccc2cccc(/C=C3\CNNC3=O)c2c1. The maximum Gasteiger partial charge on any atom is 0.262 e. The molecule has 22 heavy (non-hydrogen) atoms. The van der Waals surface area contributed by atoms with Gasteiger partial charge in [0, 0.05) is 12.1 Å². The predicted molar refractivity (Wildman–Crippen MR) is 88.5 cm³/mol. The van der Waals surface area contributed by atoms with E-state index in [2.05, 4.69) is 16.9 Å². The summed E-state index contributed by atoms with van der Waals surface area (Å²) in [5.74, 6) is 0.763. The van der Waals surface area contributed by atoms with Gasteiger partial charge in [0.1, 0.15) is 11.4 Å². The third kappa shape index (κ3) is 3.12. The number of rotatable bonds is 2. The summed E-state index contributed by atoms with van der Waals surface area (Å²) in [6.45, 7) is 6.62. The van der Waals surface area contributed by atoms with E-state index >= 15 is 0 Å². The van der Waals surface area contributed by atoms with Gasteiger partial charge in [-0.15, -0.1) is 0 Å². The second kappa shape index (κ2) is 5.46. The molecule has 0 radical (unpaired) electrons. The van der Waals surface area contributed by atoms with E-state index < -0.39 is 0 Å². The summed E-state index contributed by atoms with van der Waals surface area (Å²) in [5, 5.41) is 2.21. The van der Waals surface area contributed by atoms with Crippen LogP contribution in [0.2, 0.25) is 0 Å². The maximum atomic E-state index is 11.7. The molecule has 2 aromatic rings. The Morgan fingerprint density at radius 3 is 2.68 bits per heavy atom. The van der Waals surface area contributed by atoms with Gasteiger partial charge in [0.05, 0.1) is 0 Å². The molecule has 0 saturated carbocycles. The summed E-state index contributed by atoms with van der Waals surface area (Å²) >= 11 is 0. The van der Waals surface area contributed by atoms with Gasteiger partial charge in [0.25, 0.3) is 5.91 Å². The topological polar surface area (TPSA) is 50.4 Å². The van der Waals surface area contributed by atoms with Crippen LogP contribution in [0.1, 0.15) is 26.3 Å². The molecule has 0 bridgehead atoms. The number of carbonyl (C=O) groups is 1. The molecule has 4 heteroatoms. The lowest BCUT2D eigenvalue weighted by Crippen LogP contribution is -2.25. The Kier molecular flexibility index (Phi) is 3.62. The molecule has 0 aromatic heterocycles. The van der Waals surface area contributed by atoms with Gasteiger partial charge in [-0.2, -0.15) is 0 Å². The van der Waals surface area contributed by atoms with Crippen molar-refractivity contribution in [1.29, 1.82) is 0 Å². The minimum Gasteiger partial charge on any atom is -0.488 e. The number of hydrogen-bond donors (Lipinski definition) is 2. The predicted octanol–water partition coefficient (Wildman–Crippen LogP) is 3.03. The zero-order valence-corrected chi connectivity index (χ0v) is 13.1. The minimum atomic E-state index is -0.240. The van der Waals surface area contributed by atoms with E-state index in [4.69, 9.17) is 4.74 Å². The lowest BCUT2D eigenvalue weighted by atomic mass is 10.0. The molecule has 2 N–H and O–H groups in total. The van der Waals surface area contributed by atoms with Gasteiger partial charge in [-0.25, -0.2) is 5.43 Å². The highest BCUT2D eigenvalue weighted by atomic mass is 16.5. The minimum absolute atomic E-state index is 0.0703. The van der Waals surface area contributed by atoms with Crippen molar-refractivity contribution in [3.8, 4) is 5.75 Å². The fraction of sp³-hybridized carbons (Fsp3) is 0.278.